The second kappa shape index (κ2) is 9.34. The quantitative estimate of drug-likeness (QED) is 0.181. The predicted molar refractivity (Wildman–Crippen MR) is 75.1 cm³/mol. The van der Waals surface area contributed by atoms with E-state index in [2.05, 4.69) is 27.3 Å². The first-order chi connectivity index (χ1) is 10.1. The molecular formula is C12H20N4O6. The van der Waals surface area contributed by atoms with E-state index in [-0.39, 0.29) is 12.4 Å². The molecule has 0 spiro atoms. The second-order valence-corrected chi connectivity index (χ2v) is 4.38. The van der Waals surface area contributed by atoms with Gasteiger partial charge in [0.25, 0.3) is 5.91 Å². The minimum Gasteiger partial charge on any atom is -0.480 e. The number of amides is 3. The highest BCUT2D eigenvalue weighted by Gasteiger charge is 2.21. The van der Waals surface area contributed by atoms with Gasteiger partial charge in [-0.15, -0.1) is 0 Å². The van der Waals surface area contributed by atoms with E-state index in [1.54, 1.807) is 0 Å². The summed E-state index contributed by atoms with van der Waals surface area (Å²) in [5.41, 5.74) is 4.93. The molecule has 10 nitrogen and oxygen atoms in total. The van der Waals surface area contributed by atoms with Crippen LogP contribution in [-0.2, 0) is 23.9 Å². The molecule has 22 heavy (non-hydrogen) atoms. The number of carbonyl (C=O) groups excluding carboxylic acids is 3. The van der Waals surface area contributed by atoms with Crippen LogP contribution in [0.5, 0.6) is 0 Å². The van der Waals surface area contributed by atoms with Gasteiger partial charge in [-0.2, -0.15) is 0 Å². The van der Waals surface area contributed by atoms with Crippen LogP contribution in [0, 0.1) is 0 Å². The summed E-state index contributed by atoms with van der Waals surface area (Å²) in [6.07, 6.45) is 0. The monoisotopic (exact) mass is 316 g/mol. The van der Waals surface area contributed by atoms with E-state index in [9.17, 15) is 19.2 Å². The first-order valence-corrected chi connectivity index (χ1v) is 6.28. The zero-order valence-electron chi connectivity index (χ0n) is 12.3. The van der Waals surface area contributed by atoms with Crippen LogP contribution in [0.4, 0.5) is 0 Å². The maximum Gasteiger partial charge on any atom is 0.329 e. The van der Waals surface area contributed by atoms with Crippen molar-refractivity contribution >= 4 is 23.7 Å². The molecule has 0 heterocycles. The van der Waals surface area contributed by atoms with E-state index in [1.165, 1.54) is 13.8 Å². The highest BCUT2D eigenvalue weighted by molar-refractivity contribution is 5.96. The Morgan fingerprint density at radius 2 is 1.68 bits per heavy atom. The molecule has 0 aromatic heterocycles. The van der Waals surface area contributed by atoms with Crippen molar-refractivity contribution < 1.29 is 29.0 Å². The summed E-state index contributed by atoms with van der Waals surface area (Å²) in [7, 11) is 0. The molecule has 10 heteroatoms. The molecule has 0 saturated carbocycles. The van der Waals surface area contributed by atoms with Gasteiger partial charge >= 0.3 is 5.97 Å². The lowest BCUT2D eigenvalue weighted by Crippen LogP contribution is -2.52. The molecule has 0 saturated heterocycles. The number of nitrogens with two attached hydrogens (primary N) is 1. The Morgan fingerprint density at radius 1 is 1.14 bits per heavy atom. The van der Waals surface area contributed by atoms with E-state index in [1.807, 2.05) is 0 Å². The fourth-order valence-electron chi connectivity index (χ4n) is 1.17. The summed E-state index contributed by atoms with van der Waals surface area (Å²) < 4.78 is 4.62. The zero-order chi connectivity index (χ0) is 17.3. The Hall–Kier alpha value is -2.62. The van der Waals surface area contributed by atoms with Gasteiger partial charge in [-0.3, -0.25) is 14.4 Å². The molecule has 1 unspecified atom stereocenters. The van der Waals surface area contributed by atoms with Gasteiger partial charge in [-0.05, 0) is 13.8 Å². The molecule has 0 aliphatic carbocycles. The van der Waals surface area contributed by atoms with E-state index < -0.39 is 42.4 Å². The Labute approximate surface area is 127 Å². The number of hydrogen-bond acceptors (Lipinski definition) is 6. The van der Waals surface area contributed by atoms with Crippen LogP contribution < -0.4 is 21.7 Å². The topological polar surface area (TPSA) is 160 Å². The number of nitrogens with one attached hydrogen (secondary N) is 3. The maximum absolute atomic E-state index is 11.7. The van der Waals surface area contributed by atoms with Crippen molar-refractivity contribution in [1.29, 1.82) is 0 Å². The van der Waals surface area contributed by atoms with Crippen LogP contribution in [0.25, 0.3) is 0 Å². The molecule has 0 aromatic carbocycles. The number of ether oxygens (including phenoxy) is 1. The molecule has 2 atom stereocenters. The van der Waals surface area contributed by atoms with Crippen LogP contribution in [0.2, 0.25) is 0 Å². The van der Waals surface area contributed by atoms with Crippen molar-refractivity contribution in [2.75, 3.05) is 13.3 Å². The molecule has 124 valence electrons. The third-order valence-electron chi connectivity index (χ3n) is 2.36. The smallest absolute Gasteiger partial charge is 0.329 e. The van der Waals surface area contributed by atoms with Crippen LogP contribution in [0.3, 0.4) is 0 Å². The Morgan fingerprint density at radius 3 is 2.18 bits per heavy atom. The summed E-state index contributed by atoms with van der Waals surface area (Å²) in [6.45, 7) is 5.21. The SMILES string of the molecule is C=C(N)C(=O)NC(C)C(=O)N[C@@H](C)C(=O)NCOCC(=O)O. The van der Waals surface area contributed by atoms with Gasteiger partial charge in [0, 0.05) is 0 Å². The zero-order valence-corrected chi connectivity index (χ0v) is 12.3. The minimum absolute atomic E-state index is 0.235. The van der Waals surface area contributed by atoms with Crippen LogP contribution in [0.1, 0.15) is 13.8 Å². The first-order valence-electron chi connectivity index (χ1n) is 6.28. The van der Waals surface area contributed by atoms with Gasteiger partial charge in [0.05, 0.1) is 5.70 Å². The van der Waals surface area contributed by atoms with Crippen molar-refractivity contribution in [3.63, 3.8) is 0 Å². The van der Waals surface area contributed by atoms with E-state index in [0.717, 1.165) is 0 Å². The lowest BCUT2D eigenvalue weighted by molar-refractivity contribution is -0.143. The number of carboxylic acids is 1. The normalized spacial score (nSPS) is 12.6. The largest absolute Gasteiger partial charge is 0.480 e. The van der Waals surface area contributed by atoms with Gasteiger partial charge in [-0.1, -0.05) is 6.58 Å². The number of rotatable bonds is 9. The molecular weight excluding hydrogens is 296 g/mol. The van der Waals surface area contributed by atoms with Gasteiger partial charge in [0.1, 0.15) is 25.4 Å². The van der Waals surface area contributed by atoms with E-state index in [0.29, 0.717) is 0 Å². The third kappa shape index (κ3) is 7.85. The highest BCUT2D eigenvalue weighted by atomic mass is 16.5. The van der Waals surface area contributed by atoms with Crippen molar-refractivity contribution in [3.05, 3.63) is 12.3 Å². The molecule has 3 amide bonds. The molecule has 0 fully saturated rings. The van der Waals surface area contributed by atoms with Crippen LogP contribution >= 0.6 is 0 Å². The van der Waals surface area contributed by atoms with Crippen molar-refractivity contribution in [1.82, 2.24) is 16.0 Å². The van der Waals surface area contributed by atoms with Crippen LogP contribution in [0.15, 0.2) is 12.3 Å². The fourth-order valence-corrected chi connectivity index (χ4v) is 1.17. The van der Waals surface area contributed by atoms with Crippen molar-refractivity contribution in [2.24, 2.45) is 5.73 Å². The fraction of sp³-hybridized carbons (Fsp3) is 0.500. The Kier molecular flexibility index (Phi) is 8.23. The van der Waals surface area contributed by atoms with Crippen molar-refractivity contribution in [3.8, 4) is 0 Å². The molecule has 0 bridgehead atoms. The maximum atomic E-state index is 11.7. The Bertz CT molecular complexity index is 465. The molecule has 0 radical (unpaired) electrons. The van der Waals surface area contributed by atoms with Gasteiger partial charge < -0.3 is 31.5 Å². The standard InChI is InChI=1S/C12H20N4O6/c1-6(13)10(19)15-8(3)12(21)16-7(2)11(20)14-5-22-4-9(17)18/h7-8H,1,4-5,13H2,2-3H3,(H,14,20)(H,15,19)(H,16,21)(H,17,18)/t7-,8?/m0/s1. The molecule has 0 aliphatic rings. The lowest BCUT2D eigenvalue weighted by atomic mass is 10.2. The predicted octanol–water partition coefficient (Wildman–Crippen LogP) is -2.36. The molecule has 6 N–H and O–H groups in total. The third-order valence-corrected chi connectivity index (χ3v) is 2.36. The Balaban J connectivity index is 4.17. The summed E-state index contributed by atoms with van der Waals surface area (Å²) in [5, 5.41) is 15.3. The number of carboxylic acid groups (broad SMARTS) is 1. The average molecular weight is 316 g/mol. The van der Waals surface area contributed by atoms with E-state index >= 15 is 0 Å². The molecule has 0 rings (SSSR count). The summed E-state index contributed by atoms with van der Waals surface area (Å²) >= 11 is 0. The summed E-state index contributed by atoms with van der Waals surface area (Å²) in [4.78, 5) is 44.8. The van der Waals surface area contributed by atoms with Gasteiger partial charge in [0.15, 0.2) is 0 Å². The first kappa shape index (κ1) is 19.4. The van der Waals surface area contributed by atoms with Gasteiger partial charge in [-0.25, -0.2) is 4.79 Å². The summed E-state index contributed by atoms with van der Waals surface area (Å²) in [5.74, 6) is -3.01. The number of carbonyl (C=O) groups is 4. The van der Waals surface area contributed by atoms with E-state index in [4.69, 9.17) is 10.8 Å². The number of hydrogen-bond donors (Lipinski definition) is 5. The van der Waals surface area contributed by atoms with Gasteiger partial charge in [0.2, 0.25) is 11.8 Å². The highest BCUT2D eigenvalue weighted by Crippen LogP contribution is 1.89. The van der Waals surface area contributed by atoms with Crippen molar-refractivity contribution in [2.45, 2.75) is 25.9 Å². The minimum atomic E-state index is -1.17. The molecule has 0 aromatic rings. The summed E-state index contributed by atoms with van der Waals surface area (Å²) in [6, 6.07) is -1.81. The lowest BCUT2D eigenvalue weighted by Gasteiger charge is -2.18. The second-order valence-electron chi connectivity index (χ2n) is 4.38. The molecule has 0 aliphatic heterocycles. The average Bonchev–Trinajstić information content (AvgIpc) is 2.42. The number of aliphatic carboxylic acids is 1. The van der Waals surface area contributed by atoms with Crippen LogP contribution in [-0.4, -0.2) is 54.2 Å².